The number of methoxy groups -OCH3 is 1. The lowest BCUT2D eigenvalue weighted by atomic mass is 10.0. The Morgan fingerprint density at radius 2 is 2.41 bits per heavy atom. The Hall–Kier alpha value is -1.62. The Morgan fingerprint density at radius 3 is 3.00 bits per heavy atom. The molecule has 0 saturated carbocycles. The van der Waals surface area contributed by atoms with Gasteiger partial charge in [-0.3, -0.25) is 4.79 Å². The van der Waals surface area contributed by atoms with E-state index in [1.54, 1.807) is 18.3 Å². The number of nitrogens with two attached hydrogens (primary N) is 1. The molecule has 0 bridgehead atoms. The Balaban J connectivity index is 2.72. The topological polar surface area (TPSA) is 77.2 Å². The van der Waals surface area contributed by atoms with Gasteiger partial charge in [0.15, 0.2) is 0 Å². The predicted octanol–water partition coefficient (Wildman–Crippen LogP) is 1.40. The summed E-state index contributed by atoms with van der Waals surface area (Å²) in [6.07, 6.45) is 3.32. The maximum absolute atomic E-state index is 11.9. The van der Waals surface area contributed by atoms with E-state index in [0.29, 0.717) is 18.1 Å². The molecule has 0 aromatic carbocycles. The summed E-state index contributed by atoms with van der Waals surface area (Å²) in [4.78, 5) is 15.9. The molecule has 1 heterocycles. The maximum atomic E-state index is 11.9. The SMILES string of the molecule is CCCC(CN)C(=O)Nc1cccnc1OC. The molecule has 1 rings (SSSR count). The first-order valence-corrected chi connectivity index (χ1v) is 5.72. The van der Waals surface area contributed by atoms with Crippen LogP contribution in [0.25, 0.3) is 0 Å². The molecule has 5 heteroatoms. The average molecular weight is 237 g/mol. The molecule has 1 aromatic heterocycles. The van der Waals surface area contributed by atoms with E-state index in [4.69, 9.17) is 10.5 Å². The van der Waals surface area contributed by atoms with Crippen molar-refractivity contribution in [3.8, 4) is 5.88 Å². The van der Waals surface area contributed by atoms with Crippen molar-refractivity contribution in [2.75, 3.05) is 19.0 Å². The first kappa shape index (κ1) is 13.4. The minimum atomic E-state index is -0.162. The van der Waals surface area contributed by atoms with Gasteiger partial charge in [-0.15, -0.1) is 0 Å². The Morgan fingerprint density at radius 1 is 1.65 bits per heavy atom. The zero-order chi connectivity index (χ0) is 12.7. The van der Waals surface area contributed by atoms with Crippen molar-refractivity contribution in [2.24, 2.45) is 11.7 Å². The van der Waals surface area contributed by atoms with Gasteiger partial charge < -0.3 is 15.8 Å². The third-order valence-electron chi connectivity index (χ3n) is 2.51. The van der Waals surface area contributed by atoms with Crippen LogP contribution in [-0.2, 0) is 4.79 Å². The first-order valence-electron chi connectivity index (χ1n) is 5.72. The molecule has 17 heavy (non-hydrogen) atoms. The van der Waals surface area contributed by atoms with E-state index in [0.717, 1.165) is 12.8 Å². The van der Waals surface area contributed by atoms with Crippen LogP contribution in [0.2, 0.25) is 0 Å². The van der Waals surface area contributed by atoms with Gasteiger partial charge in [-0.25, -0.2) is 4.98 Å². The van der Waals surface area contributed by atoms with Crippen LogP contribution < -0.4 is 15.8 Å². The van der Waals surface area contributed by atoms with Crippen LogP contribution in [0.5, 0.6) is 5.88 Å². The summed E-state index contributed by atoms with van der Waals surface area (Å²) >= 11 is 0. The van der Waals surface area contributed by atoms with Crippen LogP contribution in [0.3, 0.4) is 0 Å². The van der Waals surface area contributed by atoms with E-state index in [9.17, 15) is 4.79 Å². The lowest BCUT2D eigenvalue weighted by molar-refractivity contribution is -0.119. The largest absolute Gasteiger partial charge is 0.480 e. The van der Waals surface area contributed by atoms with Gasteiger partial charge in [0.1, 0.15) is 5.69 Å². The van der Waals surface area contributed by atoms with Gasteiger partial charge in [-0.05, 0) is 18.6 Å². The third-order valence-corrected chi connectivity index (χ3v) is 2.51. The summed E-state index contributed by atoms with van der Waals surface area (Å²) in [5.41, 5.74) is 6.15. The van der Waals surface area contributed by atoms with E-state index >= 15 is 0 Å². The van der Waals surface area contributed by atoms with Crippen molar-refractivity contribution in [2.45, 2.75) is 19.8 Å². The minimum absolute atomic E-state index is 0.0827. The molecular formula is C12H19N3O2. The van der Waals surface area contributed by atoms with Crippen LogP contribution in [0.1, 0.15) is 19.8 Å². The number of pyridine rings is 1. The Bertz CT molecular complexity index is 369. The summed E-state index contributed by atoms with van der Waals surface area (Å²) in [7, 11) is 1.52. The number of carbonyl (C=O) groups excluding carboxylic acids is 1. The van der Waals surface area contributed by atoms with E-state index in [-0.39, 0.29) is 11.8 Å². The van der Waals surface area contributed by atoms with Crippen molar-refractivity contribution < 1.29 is 9.53 Å². The third kappa shape index (κ3) is 3.71. The number of hydrogen-bond donors (Lipinski definition) is 2. The van der Waals surface area contributed by atoms with Crippen LogP contribution in [0, 0.1) is 5.92 Å². The molecule has 5 nitrogen and oxygen atoms in total. The fraction of sp³-hybridized carbons (Fsp3) is 0.500. The summed E-state index contributed by atoms with van der Waals surface area (Å²) in [6.45, 7) is 2.38. The molecule has 0 aliphatic carbocycles. The molecule has 0 radical (unpaired) electrons. The lowest BCUT2D eigenvalue weighted by Crippen LogP contribution is -2.29. The van der Waals surface area contributed by atoms with Gasteiger partial charge in [0.05, 0.1) is 13.0 Å². The number of nitrogens with zero attached hydrogens (tertiary/aromatic N) is 1. The minimum Gasteiger partial charge on any atom is -0.480 e. The highest BCUT2D eigenvalue weighted by Crippen LogP contribution is 2.21. The summed E-state index contributed by atoms with van der Waals surface area (Å²) in [6, 6.07) is 3.50. The van der Waals surface area contributed by atoms with Crippen molar-refractivity contribution in [3.63, 3.8) is 0 Å². The molecule has 1 atom stereocenters. The highest BCUT2D eigenvalue weighted by atomic mass is 16.5. The van der Waals surface area contributed by atoms with E-state index < -0.39 is 0 Å². The number of hydrogen-bond acceptors (Lipinski definition) is 4. The number of aromatic nitrogens is 1. The summed E-state index contributed by atoms with van der Waals surface area (Å²) in [5, 5.41) is 2.79. The second-order valence-corrected chi connectivity index (χ2v) is 3.77. The van der Waals surface area contributed by atoms with Gasteiger partial charge in [0, 0.05) is 12.7 Å². The number of rotatable bonds is 6. The van der Waals surface area contributed by atoms with Crippen LogP contribution >= 0.6 is 0 Å². The molecule has 3 N–H and O–H groups in total. The highest BCUT2D eigenvalue weighted by molar-refractivity contribution is 5.93. The van der Waals surface area contributed by atoms with Crippen molar-refractivity contribution in [3.05, 3.63) is 18.3 Å². The van der Waals surface area contributed by atoms with Crippen molar-refractivity contribution in [1.82, 2.24) is 4.98 Å². The Kier molecular flexibility index (Phi) is 5.42. The molecule has 0 fully saturated rings. The van der Waals surface area contributed by atoms with Crippen LogP contribution in [-0.4, -0.2) is 24.5 Å². The standard InChI is InChI=1S/C12H19N3O2/c1-3-5-9(8-13)11(16)15-10-6-4-7-14-12(10)17-2/h4,6-7,9H,3,5,8,13H2,1-2H3,(H,15,16). The smallest absolute Gasteiger partial charge is 0.237 e. The van der Waals surface area contributed by atoms with E-state index in [1.807, 2.05) is 6.92 Å². The number of ether oxygens (including phenoxy) is 1. The van der Waals surface area contributed by atoms with Gasteiger partial charge in [0.2, 0.25) is 11.8 Å². The molecule has 1 unspecified atom stereocenters. The molecule has 1 amide bonds. The maximum Gasteiger partial charge on any atom is 0.237 e. The van der Waals surface area contributed by atoms with Crippen LogP contribution in [0.15, 0.2) is 18.3 Å². The molecule has 0 saturated heterocycles. The highest BCUT2D eigenvalue weighted by Gasteiger charge is 2.17. The van der Waals surface area contributed by atoms with Gasteiger partial charge in [0.25, 0.3) is 0 Å². The fourth-order valence-electron chi connectivity index (χ4n) is 1.59. The zero-order valence-electron chi connectivity index (χ0n) is 10.3. The van der Waals surface area contributed by atoms with Gasteiger partial charge in [-0.1, -0.05) is 13.3 Å². The molecule has 0 aliphatic heterocycles. The van der Waals surface area contributed by atoms with Crippen molar-refractivity contribution >= 4 is 11.6 Å². The summed E-state index contributed by atoms with van der Waals surface area (Å²) in [5.74, 6) is 0.165. The van der Waals surface area contributed by atoms with E-state index in [1.165, 1.54) is 7.11 Å². The zero-order valence-corrected chi connectivity index (χ0v) is 10.3. The molecule has 0 aliphatic rings. The van der Waals surface area contributed by atoms with Gasteiger partial charge >= 0.3 is 0 Å². The average Bonchev–Trinajstić information content (AvgIpc) is 2.36. The Labute approximate surface area is 101 Å². The lowest BCUT2D eigenvalue weighted by Gasteiger charge is -2.14. The first-order chi connectivity index (χ1) is 8.22. The number of nitrogens with one attached hydrogen (secondary N) is 1. The summed E-state index contributed by atoms with van der Waals surface area (Å²) < 4.78 is 5.06. The second-order valence-electron chi connectivity index (χ2n) is 3.77. The number of carbonyl (C=O) groups is 1. The predicted molar refractivity (Wildman–Crippen MR) is 66.9 cm³/mol. The molecule has 94 valence electrons. The monoisotopic (exact) mass is 237 g/mol. The number of anilines is 1. The second kappa shape index (κ2) is 6.85. The van der Waals surface area contributed by atoms with E-state index in [2.05, 4.69) is 10.3 Å². The number of amides is 1. The molecule has 1 aromatic rings. The van der Waals surface area contributed by atoms with Crippen molar-refractivity contribution in [1.29, 1.82) is 0 Å². The fourth-order valence-corrected chi connectivity index (χ4v) is 1.59. The quantitative estimate of drug-likeness (QED) is 0.784. The van der Waals surface area contributed by atoms with Gasteiger partial charge in [-0.2, -0.15) is 0 Å². The molecular weight excluding hydrogens is 218 g/mol. The van der Waals surface area contributed by atoms with Crippen LogP contribution in [0.4, 0.5) is 5.69 Å². The molecule has 0 spiro atoms. The normalized spacial score (nSPS) is 11.9.